The number of nitrogens with zero attached hydrogens (tertiary/aromatic N) is 4. The van der Waals surface area contributed by atoms with Crippen LogP contribution in [0, 0.1) is 0 Å². The van der Waals surface area contributed by atoms with E-state index in [1.165, 1.54) is 0 Å². The quantitative estimate of drug-likeness (QED) is 0.840. The molecule has 0 aromatic carbocycles. The molecule has 6 nitrogen and oxygen atoms in total. The molecule has 112 valence electrons. The average Bonchev–Trinajstić information content (AvgIpc) is 2.46. The van der Waals surface area contributed by atoms with Crippen LogP contribution >= 0.6 is 0 Å². The minimum atomic E-state index is 0.615. The zero-order valence-corrected chi connectivity index (χ0v) is 12.7. The number of hydrogen-bond donors (Lipinski definition) is 1. The van der Waals surface area contributed by atoms with Gasteiger partial charge in [0.05, 0.1) is 12.8 Å². The van der Waals surface area contributed by atoms with Crippen LogP contribution in [0.4, 0.5) is 11.5 Å². The van der Waals surface area contributed by atoms with Crippen molar-refractivity contribution in [3.8, 4) is 5.88 Å². The first kappa shape index (κ1) is 14.9. The van der Waals surface area contributed by atoms with E-state index in [1.54, 1.807) is 13.2 Å². The summed E-state index contributed by atoms with van der Waals surface area (Å²) in [4.78, 5) is 11.4. The van der Waals surface area contributed by atoms with Crippen LogP contribution in [0.5, 0.6) is 5.88 Å². The third-order valence-corrected chi connectivity index (χ3v) is 3.62. The van der Waals surface area contributed by atoms with Gasteiger partial charge in [0.25, 0.3) is 0 Å². The number of pyridine rings is 1. The molecule has 1 aliphatic rings. The zero-order chi connectivity index (χ0) is 14.5. The number of ether oxygens (including phenoxy) is 1. The fraction of sp³-hybridized carbons (Fsp3) is 0.643. The maximum Gasteiger partial charge on any atom is 0.215 e. The van der Waals surface area contributed by atoms with Gasteiger partial charge in [-0.25, -0.2) is 0 Å². The maximum atomic E-state index is 6.03. The van der Waals surface area contributed by atoms with Crippen LogP contribution in [0.1, 0.15) is 0 Å². The Kier molecular flexibility index (Phi) is 5.03. The first-order valence-corrected chi connectivity index (χ1v) is 7.02. The van der Waals surface area contributed by atoms with E-state index in [4.69, 9.17) is 10.5 Å². The molecule has 2 N–H and O–H groups in total. The lowest BCUT2D eigenvalue weighted by Gasteiger charge is -2.36. The summed E-state index contributed by atoms with van der Waals surface area (Å²) in [6, 6.07) is 3.66. The van der Waals surface area contributed by atoms with Crippen molar-refractivity contribution < 1.29 is 4.74 Å². The standard InChI is InChI=1S/C14H25N5O/c1-17(2)6-7-18-8-10-19(11-9-18)14-12(15)4-5-13(16-14)20-3/h4-5H,6-11,15H2,1-3H3. The maximum absolute atomic E-state index is 6.03. The van der Waals surface area contributed by atoms with E-state index < -0.39 is 0 Å². The molecule has 6 heteroatoms. The summed E-state index contributed by atoms with van der Waals surface area (Å²) in [6.07, 6.45) is 0. The van der Waals surface area contributed by atoms with Crippen molar-refractivity contribution >= 4 is 11.5 Å². The zero-order valence-electron chi connectivity index (χ0n) is 12.7. The average molecular weight is 279 g/mol. The van der Waals surface area contributed by atoms with Gasteiger partial charge in [0.2, 0.25) is 5.88 Å². The Hall–Kier alpha value is -1.53. The number of likely N-dealkylation sites (N-methyl/N-ethyl adjacent to an activating group) is 1. The van der Waals surface area contributed by atoms with Crippen LogP contribution in [-0.2, 0) is 0 Å². The lowest BCUT2D eigenvalue weighted by molar-refractivity contribution is 0.229. The molecular formula is C14H25N5O. The Balaban J connectivity index is 1.93. The molecule has 1 saturated heterocycles. The highest BCUT2D eigenvalue weighted by atomic mass is 16.5. The number of methoxy groups -OCH3 is 1. The summed E-state index contributed by atoms with van der Waals surface area (Å²) in [7, 11) is 5.84. The lowest BCUT2D eigenvalue weighted by Crippen LogP contribution is -2.48. The van der Waals surface area contributed by atoms with Gasteiger partial charge >= 0.3 is 0 Å². The molecule has 1 aliphatic heterocycles. The van der Waals surface area contributed by atoms with E-state index in [9.17, 15) is 0 Å². The lowest BCUT2D eigenvalue weighted by atomic mass is 10.2. The monoisotopic (exact) mass is 279 g/mol. The molecule has 2 heterocycles. The SMILES string of the molecule is COc1ccc(N)c(N2CCN(CCN(C)C)CC2)n1. The van der Waals surface area contributed by atoms with E-state index in [0.29, 0.717) is 11.6 Å². The van der Waals surface area contributed by atoms with E-state index in [1.807, 2.05) is 6.07 Å². The largest absolute Gasteiger partial charge is 0.481 e. The van der Waals surface area contributed by atoms with Crippen molar-refractivity contribution in [3.05, 3.63) is 12.1 Å². The second kappa shape index (κ2) is 6.76. The van der Waals surface area contributed by atoms with Crippen molar-refractivity contribution in [2.45, 2.75) is 0 Å². The van der Waals surface area contributed by atoms with E-state index in [-0.39, 0.29) is 0 Å². The molecule has 2 rings (SSSR count). The number of rotatable bonds is 5. The van der Waals surface area contributed by atoms with Crippen LogP contribution in [0.15, 0.2) is 12.1 Å². The minimum Gasteiger partial charge on any atom is -0.481 e. The second-order valence-corrected chi connectivity index (χ2v) is 5.40. The normalized spacial score (nSPS) is 16.7. The number of aromatic nitrogens is 1. The summed E-state index contributed by atoms with van der Waals surface area (Å²) >= 11 is 0. The first-order valence-electron chi connectivity index (χ1n) is 7.02. The van der Waals surface area contributed by atoms with Crippen molar-refractivity contribution in [1.29, 1.82) is 0 Å². The van der Waals surface area contributed by atoms with Gasteiger partial charge in [-0.15, -0.1) is 0 Å². The molecule has 0 aliphatic carbocycles. The molecule has 0 unspecified atom stereocenters. The van der Waals surface area contributed by atoms with Gasteiger partial charge in [0.15, 0.2) is 5.82 Å². The Morgan fingerprint density at radius 3 is 2.55 bits per heavy atom. The van der Waals surface area contributed by atoms with Crippen LogP contribution in [0.25, 0.3) is 0 Å². The van der Waals surface area contributed by atoms with Gasteiger partial charge in [0, 0.05) is 45.3 Å². The van der Waals surface area contributed by atoms with Gasteiger partial charge in [-0.3, -0.25) is 4.90 Å². The summed E-state index contributed by atoms with van der Waals surface area (Å²) in [5, 5.41) is 0. The molecule has 0 atom stereocenters. The predicted octanol–water partition coefficient (Wildman–Crippen LogP) is 0.356. The molecule has 1 aromatic heterocycles. The highest BCUT2D eigenvalue weighted by Crippen LogP contribution is 2.24. The number of anilines is 2. The van der Waals surface area contributed by atoms with E-state index >= 15 is 0 Å². The summed E-state index contributed by atoms with van der Waals surface area (Å²) in [5.41, 5.74) is 6.74. The Labute approximate surface area is 121 Å². The predicted molar refractivity (Wildman–Crippen MR) is 82.4 cm³/mol. The summed E-state index contributed by atoms with van der Waals surface area (Å²) < 4.78 is 5.18. The van der Waals surface area contributed by atoms with Gasteiger partial charge in [-0.1, -0.05) is 0 Å². The smallest absolute Gasteiger partial charge is 0.215 e. The van der Waals surface area contributed by atoms with Crippen LogP contribution < -0.4 is 15.4 Å². The summed E-state index contributed by atoms with van der Waals surface area (Å²) in [6.45, 7) is 6.22. The highest BCUT2D eigenvalue weighted by Gasteiger charge is 2.20. The number of nitrogens with two attached hydrogens (primary N) is 1. The van der Waals surface area contributed by atoms with Gasteiger partial charge < -0.3 is 20.3 Å². The Bertz CT molecular complexity index is 430. The van der Waals surface area contributed by atoms with Crippen LogP contribution in [0.3, 0.4) is 0 Å². The van der Waals surface area contributed by atoms with E-state index in [0.717, 1.165) is 45.1 Å². The molecule has 1 fully saturated rings. The van der Waals surface area contributed by atoms with Crippen molar-refractivity contribution in [2.24, 2.45) is 0 Å². The first-order chi connectivity index (χ1) is 9.60. The molecule has 0 radical (unpaired) electrons. The molecule has 1 aromatic rings. The molecule has 0 saturated carbocycles. The van der Waals surface area contributed by atoms with Crippen molar-refractivity contribution in [1.82, 2.24) is 14.8 Å². The topological polar surface area (TPSA) is 57.9 Å². The van der Waals surface area contributed by atoms with Crippen molar-refractivity contribution in [2.75, 3.05) is 71.1 Å². The Morgan fingerprint density at radius 2 is 1.95 bits per heavy atom. The van der Waals surface area contributed by atoms with Gasteiger partial charge in [-0.2, -0.15) is 4.98 Å². The fourth-order valence-electron chi connectivity index (χ4n) is 2.33. The molecule has 0 amide bonds. The number of nitrogen functional groups attached to an aromatic ring is 1. The third kappa shape index (κ3) is 3.74. The highest BCUT2D eigenvalue weighted by molar-refractivity contribution is 5.63. The van der Waals surface area contributed by atoms with Crippen LogP contribution in [0.2, 0.25) is 0 Å². The molecule has 0 spiro atoms. The van der Waals surface area contributed by atoms with Crippen molar-refractivity contribution in [3.63, 3.8) is 0 Å². The van der Waals surface area contributed by atoms with Gasteiger partial charge in [-0.05, 0) is 20.2 Å². The van der Waals surface area contributed by atoms with E-state index in [2.05, 4.69) is 33.8 Å². The molecular weight excluding hydrogens is 254 g/mol. The fourth-order valence-corrected chi connectivity index (χ4v) is 2.33. The number of piperazine rings is 1. The minimum absolute atomic E-state index is 0.615. The summed E-state index contributed by atoms with van der Waals surface area (Å²) in [5.74, 6) is 1.46. The second-order valence-electron chi connectivity index (χ2n) is 5.40. The Morgan fingerprint density at radius 1 is 1.25 bits per heavy atom. The van der Waals surface area contributed by atoms with Gasteiger partial charge in [0.1, 0.15) is 0 Å². The van der Waals surface area contributed by atoms with Crippen LogP contribution in [-0.4, -0.2) is 75.3 Å². The number of hydrogen-bond acceptors (Lipinski definition) is 6. The molecule has 20 heavy (non-hydrogen) atoms. The molecule has 0 bridgehead atoms. The third-order valence-electron chi connectivity index (χ3n) is 3.62.